The van der Waals surface area contributed by atoms with Gasteiger partial charge in [0, 0.05) is 19.5 Å². The second-order valence-electron chi connectivity index (χ2n) is 7.18. The number of hydrogen-bond acceptors (Lipinski definition) is 5. The van der Waals surface area contributed by atoms with Crippen molar-refractivity contribution in [1.82, 2.24) is 5.32 Å². The fourth-order valence-corrected chi connectivity index (χ4v) is 3.57. The molecule has 5 nitrogen and oxygen atoms in total. The maximum Gasteiger partial charge on any atom is 0.173 e. The van der Waals surface area contributed by atoms with E-state index in [0.29, 0.717) is 24.2 Å². The maximum atomic E-state index is 12.7. The molecule has 0 amide bonds. The summed E-state index contributed by atoms with van der Waals surface area (Å²) in [5, 5.41) is 3.16. The summed E-state index contributed by atoms with van der Waals surface area (Å²) in [6.45, 7) is 9.48. The van der Waals surface area contributed by atoms with Gasteiger partial charge in [0.2, 0.25) is 0 Å². The highest BCUT2D eigenvalue weighted by Gasteiger charge is 2.45. The number of fused-ring (bicyclic) bond motifs is 1. The predicted molar refractivity (Wildman–Crippen MR) is 102 cm³/mol. The lowest BCUT2D eigenvalue weighted by Crippen LogP contribution is -2.48. The van der Waals surface area contributed by atoms with Gasteiger partial charge in [-0.1, -0.05) is 25.5 Å². The number of carbonyl (C=O) groups is 2. The molecule has 144 valence electrons. The van der Waals surface area contributed by atoms with Crippen molar-refractivity contribution in [3.8, 4) is 5.75 Å². The molecule has 2 atom stereocenters. The van der Waals surface area contributed by atoms with E-state index in [0.717, 1.165) is 39.1 Å². The van der Waals surface area contributed by atoms with E-state index >= 15 is 0 Å². The molecule has 1 fully saturated rings. The molecule has 0 aromatic heterocycles. The largest absolute Gasteiger partial charge is 0.486 e. The van der Waals surface area contributed by atoms with Gasteiger partial charge >= 0.3 is 0 Å². The van der Waals surface area contributed by atoms with E-state index in [1.807, 2.05) is 31.2 Å². The van der Waals surface area contributed by atoms with Crippen LogP contribution in [0.15, 0.2) is 24.3 Å². The highest BCUT2D eigenvalue weighted by Crippen LogP contribution is 2.41. The molecular formula is C21H31NO4. The Labute approximate surface area is 156 Å². The lowest BCUT2D eigenvalue weighted by molar-refractivity contribution is -0.117. The third-order valence-electron chi connectivity index (χ3n) is 4.93. The van der Waals surface area contributed by atoms with Crippen molar-refractivity contribution >= 4 is 11.6 Å². The average molecular weight is 361 g/mol. The fraction of sp³-hybridized carbons (Fsp3) is 0.619. The molecule has 0 spiro atoms. The number of rotatable bonds is 5. The minimum atomic E-state index is -0.504. The number of benzene rings is 1. The molecule has 0 radical (unpaired) electrons. The topological polar surface area (TPSA) is 64.6 Å². The summed E-state index contributed by atoms with van der Waals surface area (Å²) in [6, 6.07) is 7.39. The number of morpholine rings is 1. The van der Waals surface area contributed by atoms with Gasteiger partial charge in [-0.15, -0.1) is 0 Å². The van der Waals surface area contributed by atoms with Crippen LogP contribution in [-0.2, 0) is 9.53 Å². The molecule has 2 unspecified atom stereocenters. The highest BCUT2D eigenvalue weighted by atomic mass is 16.5. The molecular weight excluding hydrogens is 330 g/mol. The summed E-state index contributed by atoms with van der Waals surface area (Å²) >= 11 is 0. The summed E-state index contributed by atoms with van der Waals surface area (Å²) in [5.41, 5.74) is 0.143. The molecule has 1 aromatic rings. The molecule has 2 aliphatic heterocycles. The van der Waals surface area contributed by atoms with Crippen LogP contribution in [0.1, 0.15) is 56.8 Å². The zero-order valence-electron chi connectivity index (χ0n) is 16.2. The molecule has 0 bridgehead atoms. The first-order valence-corrected chi connectivity index (χ1v) is 9.58. The van der Waals surface area contributed by atoms with Gasteiger partial charge in [0.05, 0.1) is 24.7 Å². The van der Waals surface area contributed by atoms with E-state index < -0.39 is 5.60 Å². The van der Waals surface area contributed by atoms with Crippen LogP contribution in [0.5, 0.6) is 5.75 Å². The molecule has 26 heavy (non-hydrogen) atoms. The van der Waals surface area contributed by atoms with Crippen LogP contribution in [0.25, 0.3) is 0 Å². The van der Waals surface area contributed by atoms with Crippen molar-refractivity contribution in [2.24, 2.45) is 5.92 Å². The van der Waals surface area contributed by atoms with Crippen molar-refractivity contribution in [2.45, 2.75) is 52.1 Å². The van der Waals surface area contributed by atoms with Crippen molar-refractivity contribution in [3.05, 3.63) is 29.8 Å². The standard InChI is InChI=1S/C17H22O3.C4H9NO/c1-4-11-17(3)14(10-9-12(2)18)16(19)13-7-5-6-8-15(13)20-17;1-3-6-4-2-5-1/h5-8,14H,4,9-11H2,1-3H3;5H,1-4H2. The van der Waals surface area contributed by atoms with Gasteiger partial charge in [-0.3, -0.25) is 4.79 Å². The van der Waals surface area contributed by atoms with Gasteiger partial charge in [0.15, 0.2) is 5.78 Å². The Kier molecular flexibility index (Phi) is 7.79. The molecule has 2 heterocycles. The Morgan fingerprint density at radius 2 is 1.96 bits per heavy atom. The third-order valence-corrected chi connectivity index (χ3v) is 4.93. The fourth-order valence-electron chi connectivity index (χ4n) is 3.57. The van der Waals surface area contributed by atoms with Gasteiger partial charge < -0.3 is 19.6 Å². The van der Waals surface area contributed by atoms with E-state index in [1.54, 1.807) is 6.92 Å². The second-order valence-corrected chi connectivity index (χ2v) is 7.18. The first-order valence-electron chi connectivity index (χ1n) is 9.58. The highest BCUT2D eigenvalue weighted by molar-refractivity contribution is 6.02. The first-order chi connectivity index (χ1) is 12.5. The molecule has 0 saturated carbocycles. The number of para-hydroxylation sites is 1. The molecule has 3 rings (SSSR count). The van der Waals surface area contributed by atoms with Crippen LogP contribution in [0, 0.1) is 5.92 Å². The predicted octanol–water partition coefficient (Wildman–Crippen LogP) is 3.41. The Hall–Kier alpha value is -1.72. The summed E-state index contributed by atoms with van der Waals surface area (Å²) in [5.74, 6) is 0.674. The quantitative estimate of drug-likeness (QED) is 0.871. The number of nitrogens with one attached hydrogen (secondary N) is 1. The Balaban J connectivity index is 0.000000342. The Morgan fingerprint density at radius 1 is 1.27 bits per heavy atom. The monoisotopic (exact) mass is 361 g/mol. The van der Waals surface area contributed by atoms with Gasteiger partial charge in [-0.2, -0.15) is 0 Å². The van der Waals surface area contributed by atoms with Crippen molar-refractivity contribution in [2.75, 3.05) is 26.3 Å². The molecule has 0 aliphatic carbocycles. The summed E-state index contributed by atoms with van der Waals surface area (Å²) in [7, 11) is 0. The van der Waals surface area contributed by atoms with Crippen LogP contribution in [0.2, 0.25) is 0 Å². The molecule has 1 N–H and O–H groups in total. The minimum Gasteiger partial charge on any atom is -0.486 e. The average Bonchev–Trinajstić information content (AvgIpc) is 2.63. The molecule has 2 aliphatic rings. The van der Waals surface area contributed by atoms with Gasteiger partial charge in [-0.05, 0) is 38.8 Å². The van der Waals surface area contributed by atoms with Crippen LogP contribution in [0.3, 0.4) is 0 Å². The zero-order chi connectivity index (χ0) is 19.0. The van der Waals surface area contributed by atoms with E-state index in [-0.39, 0.29) is 17.5 Å². The lowest BCUT2D eigenvalue weighted by Gasteiger charge is -2.41. The maximum absolute atomic E-state index is 12.7. The molecule has 5 heteroatoms. The first kappa shape index (κ1) is 20.6. The van der Waals surface area contributed by atoms with Crippen LogP contribution >= 0.6 is 0 Å². The number of carbonyl (C=O) groups excluding carboxylic acids is 2. The number of ether oxygens (including phenoxy) is 2. The number of hydrogen-bond donors (Lipinski definition) is 1. The third kappa shape index (κ3) is 5.39. The van der Waals surface area contributed by atoms with Gasteiger partial charge in [0.25, 0.3) is 0 Å². The number of Topliss-reactive ketones (excluding diaryl/α,β-unsaturated/α-hetero) is 2. The van der Waals surface area contributed by atoms with E-state index in [4.69, 9.17) is 9.47 Å². The molecule has 1 aromatic carbocycles. The van der Waals surface area contributed by atoms with Crippen LogP contribution < -0.4 is 10.1 Å². The van der Waals surface area contributed by atoms with E-state index in [9.17, 15) is 9.59 Å². The summed E-state index contributed by atoms with van der Waals surface area (Å²) < 4.78 is 11.1. The molecule has 1 saturated heterocycles. The SMILES string of the molecule is C1COCCN1.CCCC1(C)Oc2ccccc2C(=O)C1CCC(C)=O. The second kappa shape index (κ2) is 9.83. The van der Waals surface area contributed by atoms with Gasteiger partial charge in [0.1, 0.15) is 17.1 Å². The Bertz CT molecular complexity index is 600. The normalized spacial score (nSPS) is 24.7. The summed E-state index contributed by atoms with van der Waals surface area (Å²) in [6.07, 6.45) is 2.76. The van der Waals surface area contributed by atoms with Crippen LogP contribution in [-0.4, -0.2) is 43.5 Å². The van der Waals surface area contributed by atoms with Crippen molar-refractivity contribution in [1.29, 1.82) is 0 Å². The van der Waals surface area contributed by atoms with Crippen molar-refractivity contribution < 1.29 is 19.1 Å². The van der Waals surface area contributed by atoms with Crippen LogP contribution in [0.4, 0.5) is 0 Å². The lowest BCUT2D eigenvalue weighted by atomic mass is 9.75. The minimum absolute atomic E-state index is 0.115. The van der Waals surface area contributed by atoms with E-state index in [2.05, 4.69) is 12.2 Å². The smallest absolute Gasteiger partial charge is 0.173 e. The number of ketones is 2. The van der Waals surface area contributed by atoms with Gasteiger partial charge in [-0.25, -0.2) is 0 Å². The Morgan fingerprint density at radius 3 is 2.50 bits per heavy atom. The summed E-state index contributed by atoms with van der Waals surface area (Å²) in [4.78, 5) is 24.0. The zero-order valence-corrected chi connectivity index (χ0v) is 16.2. The van der Waals surface area contributed by atoms with Crippen molar-refractivity contribution in [3.63, 3.8) is 0 Å². The van der Waals surface area contributed by atoms with E-state index in [1.165, 1.54) is 0 Å².